The van der Waals surface area contributed by atoms with Crippen LogP contribution in [0.15, 0.2) is 6.20 Å². The number of nitrogens with one attached hydrogen (secondary N) is 2. The van der Waals surface area contributed by atoms with E-state index >= 15 is 0 Å². The first-order chi connectivity index (χ1) is 15.5. The lowest BCUT2D eigenvalue weighted by molar-refractivity contribution is 0.0185. The largest absolute Gasteiger partial charge is 0.444 e. The average Bonchev–Trinajstić information content (AvgIpc) is 2.72. The van der Waals surface area contributed by atoms with Crippen LogP contribution in [-0.4, -0.2) is 68.9 Å². The summed E-state index contributed by atoms with van der Waals surface area (Å²) in [7, 11) is 1.79. The number of aliphatic hydroxyl groups is 1. The zero-order chi connectivity index (χ0) is 24.2. The third kappa shape index (κ3) is 7.18. The van der Waals surface area contributed by atoms with Gasteiger partial charge in [0.05, 0.1) is 11.7 Å². The van der Waals surface area contributed by atoms with Crippen molar-refractivity contribution in [3.63, 3.8) is 0 Å². The van der Waals surface area contributed by atoms with Crippen molar-refractivity contribution in [2.24, 2.45) is 5.73 Å². The van der Waals surface area contributed by atoms with Gasteiger partial charge in [-0.25, -0.2) is 9.78 Å². The monoisotopic (exact) mass is 462 g/mol. The maximum Gasteiger partial charge on any atom is 0.410 e. The maximum absolute atomic E-state index is 12.3. The van der Waals surface area contributed by atoms with E-state index < -0.39 is 11.5 Å². The number of nitrogens with two attached hydrogens (primary N) is 1. The molecule has 10 heteroatoms. The van der Waals surface area contributed by atoms with Crippen LogP contribution in [0.4, 0.5) is 16.6 Å². The van der Waals surface area contributed by atoms with Crippen molar-refractivity contribution in [1.29, 1.82) is 0 Å². The lowest BCUT2D eigenvalue weighted by atomic mass is 9.90. The van der Waals surface area contributed by atoms with Gasteiger partial charge in [0.25, 0.3) is 5.91 Å². The van der Waals surface area contributed by atoms with Crippen molar-refractivity contribution >= 4 is 23.8 Å². The van der Waals surface area contributed by atoms with Crippen molar-refractivity contribution in [2.75, 3.05) is 17.7 Å². The molecule has 2 saturated carbocycles. The minimum Gasteiger partial charge on any atom is -0.444 e. The molecule has 0 saturated heterocycles. The van der Waals surface area contributed by atoms with E-state index in [9.17, 15) is 14.7 Å². The molecule has 1 aromatic rings. The second-order valence-corrected chi connectivity index (χ2v) is 10.2. The molecule has 1 heterocycles. The molecule has 10 nitrogen and oxygen atoms in total. The number of hydrogen-bond acceptors (Lipinski definition) is 8. The number of hydrogen-bond donors (Lipinski definition) is 4. The Morgan fingerprint density at radius 3 is 2.42 bits per heavy atom. The highest BCUT2D eigenvalue weighted by atomic mass is 16.6. The Labute approximate surface area is 195 Å². The van der Waals surface area contributed by atoms with E-state index in [1.807, 2.05) is 20.8 Å². The summed E-state index contributed by atoms with van der Waals surface area (Å²) in [6.07, 6.45) is 7.43. The van der Waals surface area contributed by atoms with E-state index in [-0.39, 0.29) is 35.9 Å². The number of nitrogens with zero attached hydrogens (tertiary/aromatic N) is 3. The molecule has 3 rings (SSSR count). The fourth-order valence-corrected chi connectivity index (χ4v) is 4.50. The normalized spacial score (nSPS) is 25.7. The van der Waals surface area contributed by atoms with Gasteiger partial charge in [0, 0.05) is 31.4 Å². The molecule has 0 spiro atoms. The summed E-state index contributed by atoms with van der Waals surface area (Å²) in [6.45, 7) is 5.59. The fraction of sp³-hybridized carbons (Fsp3) is 0.739. The van der Waals surface area contributed by atoms with Gasteiger partial charge in [-0.05, 0) is 72.1 Å². The van der Waals surface area contributed by atoms with Crippen LogP contribution in [0.25, 0.3) is 0 Å². The van der Waals surface area contributed by atoms with Gasteiger partial charge in [0.15, 0.2) is 0 Å². The minimum atomic E-state index is -0.592. The third-order valence-corrected chi connectivity index (χ3v) is 6.30. The Kier molecular flexibility index (Phi) is 7.99. The summed E-state index contributed by atoms with van der Waals surface area (Å²) in [6, 6.07) is 0.330. The first-order valence-corrected chi connectivity index (χ1v) is 11.9. The Morgan fingerprint density at radius 2 is 1.82 bits per heavy atom. The zero-order valence-electron chi connectivity index (χ0n) is 20.1. The summed E-state index contributed by atoms with van der Waals surface area (Å²) in [5.74, 6) is 0.242. The first-order valence-electron chi connectivity index (χ1n) is 11.9. The van der Waals surface area contributed by atoms with Crippen LogP contribution in [0.1, 0.15) is 82.5 Å². The number of anilines is 2. The van der Waals surface area contributed by atoms with E-state index in [1.165, 1.54) is 6.20 Å². The number of carbonyl (C=O) groups is 2. The van der Waals surface area contributed by atoms with E-state index in [0.29, 0.717) is 18.2 Å². The molecule has 184 valence electrons. The van der Waals surface area contributed by atoms with Crippen LogP contribution in [-0.2, 0) is 4.74 Å². The Balaban J connectivity index is 1.59. The number of rotatable bonds is 6. The van der Waals surface area contributed by atoms with Gasteiger partial charge in [0.2, 0.25) is 5.95 Å². The Morgan fingerprint density at radius 1 is 1.12 bits per heavy atom. The maximum atomic E-state index is 12.3. The van der Waals surface area contributed by atoms with Crippen molar-refractivity contribution in [3.05, 3.63) is 11.8 Å². The van der Waals surface area contributed by atoms with E-state index in [2.05, 4.69) is 20.6 Å². The summed E-state index contributed by atoms with van der Waals surface area (Å²) in [4.78, 5) is 34.7. The highest BCUT2D eigenvalue weighted by molar-refractivity contribution is 5.97. The van der Waals surface area contributed by atoms with Gasteiger partial charge in [-0.2, -0.15) is 4.98 Å². The van der Waals surface area contributed by atoms with Crippen molar-refractivity contribution in [2.45, 2.75) is 102 Å². The molecule has 2 fully saturated rings. The number of carbonyl (C=O) groups excluding carboxylic acids is 2. The highest BCUT2D eigenvalue weighted by Crippen LogP contribution is 2.27. The Bertz CT molecular complexity index is 835. The number of primary amides is 1. The minimum absolute atomic E-state index is 0.0356. The first kappa shape index (κ1) is 25.0. The van der Waals surface area contributed by atoms with Crippen LogP contribution < -0.4 is 16.4 Å². The number of aromatic nitrogens is 2. The van der Waals surface area contributed by atoms with Crippen LogP contribution in [0.3, 0.4) is 0 Å². The van der Waals surface area contributed by atoms with Gasteiger partial charge in [-0.15, -0.1) is 0 Å². The van der Waals surface area contributed by atoms with E-state index in [0.717, 1.165) is 44.9 Å². The molecule has 0 unspecified atom stereocenters. The molecule has 0 radical (unpaired) electrons. The lowest BCUT2D eigenvalue weighted by Gasteiger charge is -2.35. The summed E-state index contributed by atoms with van der Waals surface area (Å²) in [5, 5.41) is 16.6. The fourth-order valence-electron chi connectivity index (χ4n) is 4.50. The van der Waals surface area contributed by atoms with Crippen molar-refractivity contribution < 1.29 is 19.4 Å². The summed E-state index contributed by atoms with van der Waals surface area (Å²) >= 11 is 0. The van der Waals surface area contributed by atoms with E-state index in [1.54, 1.807) is 11.9 Å². The SMILES string of the molecule is CN(C(=O)OC(C)(C)C)[C@H]1CC[C@H](Nc2ncc(C(N)=O)c(N[C@@H]3CCC[C@H](O)C3)n2)CC1. The number of amides is 2. The predicted octanol–water partition coefficient (Wildman–Crippen LogP) is 2.88. The van der Waals surface area contributed by atoms with Gasteiger partial charge >= 0.3 is 6.09 Å². The molecular formula is C23H38N6O4. The van der Waals surface area contributed by atoms with Gasteiger partial charge in [-0.1, -0.05) is 0 Å². The topological polar surface area (TPSA) is 143 Å². The standard InChI is InChI=1S/C23H38N6O4/c1-23(2,3)33-22(32)29(4)16-10-8-14(9-11-16)27-21-25-13-18(19(24)31)20(28-21)26-15-6-5-7-17(30)12-15/h13-17,30H,5-12H2,1-4H3,(H2,24,31)(H2,25,26,27,28)/t14-,15-,16-,17+/m1/s1. The molecule has 1 aromatic heterocycles. The second kappa shape index (κ2) is 10.5. The van der Waals surface area contributed by atoms with Crippen molar-refractivity contribution in [3.8, 4) is 0 Å². The zero-order valence-corrected chi connectivity index (χ0v) is 20.1. The molecule has 2 amide bonds. The van der Waals surface area contributed by atoms with Crippen LogP contribution in [0.5, 0.6) is 0 Å². The van der Waals surface area contributed by atoms with Crippen LogP contribution in [0.2, 0.25) is 0 Å². The smallest absolute Gasteiger partial charge is 0.410 e. The molecule has 0 aliphatic heterocycles. The van der Waals surface area contributed by atoms with Gasteiger partial charge in [-0.3, -0.25) is 4.79 Å². The van der Waals surface area contributed by atoms with Crippen molar-refractivity contribution in [1.82, 2.24) is 14.9 Å². The molecule has 2 aliphatic carbocycles. The molecular weight excluding hydrogens is 424 g/mol. The highest BCUT2D eigenvalue weighted by Gasteiger charge is 2.30. The molecule has 0 bridgehead atoms. The van der Waals surface area contributed by atoms with E-state index in [4.69, 9.17) is 10.5 Å². The third-order valence-electron chi connectivity index (χ3n) is 6.30. The van der Waals surface area contributed by atoms with Gasteiger partial charge in [0.1, 0.15) is 11.4 Å². The van der Waals surface area contributed by atoms with Crippen LogP contribution in [0, 0.1) is 0 Å². The number of aliphatic hydroxyl groups excluding tert-OH is 1. The summed E-state index contributed by atoms with van der Waals surface area (Å²) < 4.78 is 5.48. The number of ether oxygens (including phenoxy) is 1. The predicted molar refractivity (Wildman–Crippen MR) is 126 cm³/mol. The van der Waals surface area contributed by atoms with Gasteiger partial charge < -0.3 is 31.1 Å². The molecule has 2 aliphatic rings. The molecule has 33 heavy (non-hydrogen) atoms. The second-order valence-electron chi connectivity index (χ2n) is 10.2. The Hall–Kier alpha value is -2.62. The lowest BCUT2D eigenvalue weighted by Crippen LogP contribution is -2.43. The van der Waals surface area contributed by atoms with Crippen LogP contribution >= 0.6 is 0 Å². The molecule has 0 aromatic carbocycles. The summed E-state index contributed by atoms with van der Waals surface area (Å²) in [5.41, 5.74) is 5.24. The quantitative estimate of drug-likeness (QED) is 0.505. The molecule has 5 N–H and O–H groups in total. The molecule has 2 atom stereocenters. The average molecular weight is 463 g/mol.